The van der Waals surface area contributed by atoms with E-state index < -0.39 is 0 Å². The number of hydrogen-bond acceptors (Lipinski definition) is 7. The molecule has 1 heterocycles. The molecular formula is C20H21N3O4S. The first-order chi connectivity index (χ1) is 13.6. The molecule has 0 unspecified atom stereocenters. The second kappa shape index (κ2) is 9.18. The van der Waals surface area contributed by atoms with Gasteiger partial charge in [-0.1, -0.05) is 35.6 Å². The number of amides is 1. The third-order valence-electron chi connectivity index (χ3n) is 4.06. The van der Waals surface area contributed by atoms with Gasteiger partial charge in [0.05, 0.1) is 27.8 Å². The van der Waals surface area contributed by atoms with Gasteiger partial charge in [-0.05, 0) is 23.8 Å². The minimum atomic E-state index is -0.174. The first kappa shape index (κ1) is 19.6. The lowest BCUT2D eigenvalue weighted by atomic mass is 10.1. The van der Waals surface area contributed by atoms with Crippen molar-refractivity contribution in [3.63, 3.8) is 0 Å². The highest BCUT2D eigenvalue weighted by Crippen LogP contribution is 2.28. The van der Waals surface area contributed by atoms with Crippen LogP contribution in [0.2, 0.25) is 0 Å². The van der Waals surface area contributed by atoms with Crippen LogP contribution in [0, 0.1) is 0 Å². The van der Waals surface area contributed by atoms with Crippen LogP contribution >= 0.6 is 11.3 Å². The van der Waals surface area contributed by atoms with Gasteiger partial charge in [0.25, 0.3) is 0 Å². The van der Waals surface area contributed by atoms with Crippen molar-refractivity contribution >= 4 is 22.4 Å². The third kappa shape index (κ3) is 4.77. The van der Waals surface area contributed by atoms with E-state index >= 15 is 0 Å². The Bertz CT molecular complexity index is 958. The van der Waals surface area contributed by atoms with E-state index in [2.05, 4.69) is 15.5 Å². The molecule has 3 rings (SSSR count). The Morgan fingerprint density at radius 3 is 2.46 bits per heavy atom. The van der Waals surface area contributed by atoms with Crippen molar-refractivity contribution in [3.8, 4) is 17.2 Å². The zero-order valence-electron chi connectivity index (χ0n) is 15.9. The van der Waals surface area contributed by atoms with Gasteiger partial charge >= 0.3 is 0 Å². The van der Waals surface area contributed by atoms with Crippen molar-refractivity contribution in [3.05, 3.63) is 58.6 Å². The lowest BCUT2D eigenvalue weighted by molar-refractivity contribution is -0.115. The van der Waals surface area contributed by atoms with Crippen molar-refractivity contribution in [2.24, 2.45) is 0 Å². The number of benzene rings is 2. The molecule has 0 aliphatic heterocycles. The predicted octanol–water partition coefficient (Wildman–Crippen LogP) is 3.34. The van der Waals surface area contributed by atoms with E-state index in [-0.39, 0.29) is 12.3 Å². The summed E-state index contributed by atoms with van der Waals surface area (Å²) < 4.78 is 15.8. The van der Waals surface area contributed by atoms with Crippen molar-refractivity contribution in [2.45, 2.75) is 12.8 Å². The fourth-order valence-electron chi connectivity index (χ4n) is 2.73. The normalized spacial score (nSPS) is 10.4. The van der Waals surface area contributed by atoms with E-state index in [1.54, 1.807) is 33.5 Å². The molecule has 0 bridgehead atoms. The van der Waals surface area contributed by atoms with Crippen LogP contribution in [0.5, 0.6) is 17.2 Å². The number of hydrogen-bond donors (Lipinski definition) is 1. The summed E-state index contributed by atoms with van der Waals surface area (Å²) in [5.41, 5.74) is 1.83. The number of methoxy groups -OCH3 is 3. The number of nitrogens with zero attached hydrogens (tertiary/aromatic N) is 2. The maximum Gasteiger partial charge on any atom is 0.230 e. The van der Waals surface area contributed by atoms with Gasteiger partial charge < -0.3 is 19.5 Å². The Labute approximate surface area is 167 Å². The summed E-state index contributed by atoms with van der Waals surface area (Å²) in [5.74, 6) is 1.84. The van der Waals surface area contributed by atoms with Gasteiger partial charge in [0, 0.05) is 12.0 Å². The van der Waals surface area contributed by atoms with Crippen LogP contribution in [0.1, 0.15) is 16.1 Å². The standard InChI is InChI=1S/C20H21N3O4S/c1-25-15-7-5-4-6-14(15)12-19-22-23-20(28-19)21-18(24)11-13-8-9-16(26-2)17(10-13)27-3/h4-10H,11-12H2,1-3H3,(H,21,23,24). The van der Waals surface area contributed by atoms with Crippen molar-refractivity contribution < 1.29 is 19.0 Å². The molecule has 0 saturated carbocycles. The highest BCUT2D eigenvalue weighted by Gasteiger charge is 2.12. The lowest BCUT2D eigenvalue weighted by Crippen LogP contribution is -2.14. The Morgan fingerprint density at radius 2 is 1.71 bits per heavy atom. The molecule has 0 saturated heterocycles. The Balaban J connectivity index is 1.62. The topological polar surface area (TPSA) is 82.6 Å². The quantitative estimate of drug-likeness (QED) is 0.626. The summed E-state index contributed by atoms with van der Waals surface area (Å²) >= 11 is 1.35. The highest BCUT2D eigenvalue weighted by atomic mass is 32.1. The maximum atomic E-state index is 12.3. The Hall–Kier alpha value is -3.13. The number of ether oxygens (including phenoxy) is 3. The zero-order valence-corrected chi connectivity index (χ0v) is 16.7. The van der Waals surface area contributed by atoms with Crippen LogP contribution in [0.4, 0.5) is 5.13 Å². The predicted molar refractivity (Wildman–Crippen MR) is 108 cm³/mol. The SMILES string of the molecule is COc1ccccc1Cc1nnc(NC(=O)Cc2ccc(OC)c(OC)c2)s1. The molecule has 2 aromatic carbocycles. The number of nitrogens with one attached hydrogen (secondary N) is 1. The van der Waals surface area contributed by atoms with E-state index in [1.807, 2.05) is 30.3 Å². The van der Waals surface area contributed by atoms with Gasteiger partial charge in [0.15, 0.2) is 11.5 Å². The van der Waals surface area contributed by atoms with Gasteiger partial charge in [0.2, 0.25) is 11.0 Å². The van der Waals surface area contributed by atoms with Crippen LogP contribution in [0.3, 0.4) is 0 Å². The monoisotopic (exact) mass is 399 g/mol. The lowest BCUT2D eigenvalue weighted by Gasteiger charge is -2.09. The van der Waals surface area contributed by atoms with E-state index in [4.69, 9.17) is 14.2 Å². The van der Waals surface area contributed by atoms with Gasteiger partial charge in [0.1, 0.15) is 10.8 Å². The molecule has 0 spiro atoms. The van der Waals surface area contributed by atoms with E-state index in [0.717, 1.165) is 21.9 Å². The fraction of sp³-hybridized carbons (Fsp3) is 0.250. The molecule has 3 aromatic rings. The summed E-state index contributed by atoms with van der Waals surface area (Å²) in [4.78, 5) is 12.3. The van der Waals surface area contributed by atoms with Crippen LogP contribution in [-0.2, 0) is 17.6 Å². The summed E-state index contributed by atoms with van der Waals surface area (Å²) in [7, 11) is 4.77. The van der Waals surface area contributed by atoms with Gasteiger partial charge in [-0.15, -0.1) is 10.2 Å². The average molecular weight is 399 g/mol. The van der Waals surface area contributed by atoms with E-state index in [0.29, 0.717) is 23.1 Å². The number of anilines is 1. The van der Waals surface area contributed by atoms with Crippen LogP contribution in [0.25, 0.3) is 0 Å². The first-order valence-electron chi connectivity index (χ1n) is 8.58. The molecule has 146 valence electrons. The van der Waals surface area contributed by atoms with Crippen molar-refractivity contribution in [2.75, 3.05) is 26.6 Å². The molecule has 1 N–H and O–H groups in total. The fourth-order valence-corrected chi connectivity index (χ4v) is 3.51. The maximum absolute atomic E-state index is 12.3. The molecule has 0 radical (unpaired) electrons. The summed E-state index contributed by atoms with van der Waals surface area (Å²) in [6, 6.07) is 13.1. The summed E-state index contributed by atoms with van der Waals surface area (Å²) in [5, 5.41) is 12.3. The minimum Gasteiger partial charge on any atom is -0.496 e. The summed E-state index contributed by atoms with van der Waals surface area (Å²) in [6.45, 7) is 0. The molecule has 0 aliphatic rings. The van der Waals surface area contributed by atoms with Crippen LogP contribution in [0.15, 0.2) is 42.5 Å². The Kier molecular flexibility index (Phi) is 6.44. The van der Waals surface area contributed by atoms with E-state index in [1.165, 1.54) is 11.3 Å². The molecule has 28 heavy (non-hydrogen) atoms. The van der Waals surface area contributed by atoms with Gasteiger partial charge in [-0.3, -0.25) is 4.79 Å². The summed E-state index contributed by atoms with van der Waals surface area (Å²) in [6.07, 6.45) is 0.787. The van der Waals surface area contributed by atoms with Gasteiger partial charge in [-0.25, -0.2) is 0 Å². The van der Waals surface area contributed by atoms with Crippen LogP contribution in [-0.4, -0.2) is 37.4 Å². The molecule has 0 atom stereocenters. The number of rotatable bonds is 8. The number of carbonyl (C=O) groups is 1. The molecular weight excluding hydrogens is 378 g/mol. The highest BCUT2D eigenvalue weighted by molar-refractivity contribution is 7.15. The van der Waals surface area contributed by atoms with Crippen molar-refractivity contribution in [1.82, 2.24) is 10.2 Å². The number of para-hydroxylation sites is 1. The molecule has 1 aromatic heterocycles. The van der Waals surface area contributed by atoms with Gasteiger partial charge in [-0.2, -0.15) is 0 Å². The number of aromatic nitrogens is 2. The van der Waals surface area contributed by atoms with E-state index in [9.17, 15) is 4.79 Å². The first-order valence-corrected chi connectivity index (χ1v) is 9.39. The second-order valence-corrected chi connectivity index (χ2v) is 6.97. The van der Waals surface area contributed by atoms with Crippen molar-refractivity contribution in [1.29, 1.82) is 0 Å². The third-order valence-corrected chi connectivity index (χ3v) is 4.90. The zero-order chi connectivity index (χ0) is 19.9. The largest absolute Gasteiger partial charge is 0.496 e. The number of carbonyl (C=O) groups excluding carboxylic acids is 1. The molecule has 0 fully saturated rings. The second-order valence-electron chi connectivity index (χ2n) is 5.90. The average Bonchev–Trinajstić information content (AvgIpc) is 3.14. The minimum absolute atomic E-state index is 0.174. The van der Waals surface area contributed by atoms with Crippen LogP contribution < -0.4 is 19.5 Å². The molecule has 0 aliphatic carbocycles. The Morgan fingerprint density at radius 1 is 0.964 bits per heavy atom. The molecule has 8 heteroatoms. The smallest absolute Gasteiger partial charge is 0.230 e. The molecule has 7 nitrogen and oxygen atoms in total. The molecule has 1 amide bonds.